The van der Waals surface area contributed by atoms with Gasteiger partial charge in [0.15, 0.2) is 13.2 Å². The monoisotopic (exact) mass is 466 g/mol. The van der Waals surface area contributed by atoms with Gasteiger partial charge in [0.25, 0.3) is 5.91 Å². The highest BCUT2D eigenvalue weighted by Gasteiger charge is 2.34. The lowest BCUT2D eigenvalue weighted by atomic mass is 9.87. The molecule has 0 saturated heterocycles. The minimum atomic E-state index is -1.09. The van der Waals surface area contributed by atoms with E-state index >= 15 is 0 Å². The minimum Gasteiger partial charge on any atom is -0.482 e. The average Bonchev–Trinajstić information content (AvgIpc) is 2.82. The van der Waals surface area contributed by atoms with E-state index in [0.29, 0.717) is 35.1 Å². The number of halogens is 1. The lowest BCUT2D eigenvalue weighted by molar-refractivity contribution is -0.139. The van der Waals surface area contributed by atoms with Crippen LogP contribution in [0.1, 0.15) is 28.4 Å². The molecule has 0 spiro atoms. The van der Waals surface area contributed by atoms with Crippen molar-refractivity contribution in [3.63, 3.8) is 0 Å². The van der Waals surface area contributed by atoms with E-state index in [2.05, 4.69) is 4.98 Å². The normalized spacial score (nSPS) is 15.0. The molecular weight excluding hydrogens is 444 g/mol. The molecule has 4 rings (SSSR count). The highest BCUT2D eigenvalue weighted by Crippen LogP contribution is 2.40. The predicted octanol–water partition coefficient (Wildman–Crippen LogP) is 4.06. The number of fused-ring (bicyclic) bond motifs is 1. The van der Waals surface area contributed by atoms with Gasteiger partial charge in [-0.1, -0.05) is 35.9 Å². The molecule has 2 aromatic carbocycles. The maximum atomic E-state index is 13.3. The summed E-state index contributed by atoms with van der Waals surface area (Å²) in [5, 5.41) is 9.55. The molecule has 8 heteroatoms. The number of carboxylic acids is 1. The summed E-state index contributed by atoms with van der Waals surface area (Å²) in [6.45, 7) is 1.69. The van der Waals surface area contributed by atoms with Gasteiger partial charge in [-0.05, 0) is 54.8 Å². The van der Waals surface area contributed by atoms with Crippen LogP contribution in [0.15, 0.2) is 60.8 Å². The number of carbonyl (C=O) groups is 2. The third-order valence-electron chi connectivity index (χ3n) is 5.47. The molecule has 1 amide bonds. The van der Waals surface area contributed by atoms with Gasteiger partial charge >= 0.3 is 5.97 Å². The molecule has 3 aromatic rings. The number of aromatic nitrogens is 1. The standard InChI is InChI=1S/C25H23ClN2O5/c1-16-6-8-19(13-27-16)32-14-23(29)28-11-10-17-4-2-3-5-20(17)25(28)21-12-18(26)7-9-22(21)33-15-24(30)31/h2-9,12-13,25H,10-11,14-15H2,1H3,(H,30,31). The predicted molar refractivity (Wildman–Crippen MR) is 123 cm³/mol. The van der Waals surface area contributed by atoms with Crippen LogP contribution in [-0.4, -0.2) is 46.6 Å². The number of carboxylic acid groups (broad SMARTS) is 1. The van der Waals surface area contributed by atoms with Gasteiger partial charge < -0.3 is 19.5 Å². The van der Waals surface area contributed by atoms with E-state index in [1.54, 1.807) is 35.4 Å². The molecule has 1 atom stereocenters. The number of hydrogen-bond acceptors (Lipinski definition) is 5. The summed E-state index contributed by atoms with van der Waals surface area (Å²) in [7, 11) is 0. The molecule has 7 nitrogen and oxygen atoms in total. The average molecular weight is 467 g/mol. The first-order chi connectivity index (χ1) is 15.9. The number of nitrogens with zero attached hydrogens (tertiary/aromatic N) is 2. The minimum absolute atomic E-state index is 0.157. The number of rotatable bonds is 7. The number of hydrogen-bond donors (Lipinski definition) is 1. The highest BCUT2D eigenvalue weighted by molar-refractivity contribution is 6.30. The van der Waals surface area contributed by atoms with Crippen LogP contribution in [0.2, 0.25) is 5.02 Å². The molecule has 0 bridgehead atoms. The maximum Gasteiger partial charge on any atom is 0.341 e. The molecule has 170 valence electrons. The Morgan fingerprint density at radius 1 is 1.09 bits per heavy atom. The summed E-state index contributed by atoms with van der Waals surface area (Å²) in [4.78, 5) is 30.3. The molecule has 1 N–H and O–H groups in total. The largest absolute Gasteiger partial charge is 0.482 e. The number of amides is 1. The van der Waals surface area contributed by atoms with Gasteiger partial charge in [-0.3, -0.25) is 9.78 Å². The van der Waals surface area contributed by atoms with E-state index < -0.39 is 18.6 Å². The second-order valence-electron chi connectivity index (χ2n) is 7.73. The number of aryl methyl sites for hydroxylation is 1. The molecule has 1 aromatic heterocycles. The second kappa shape index (κ2) is 9.92. The van der Waals surface area contributed by atoms with Crippen LogP contribution in [0.25, 0.3) is 0 Å². The Kier molecular flexibility index (Phi) is 6.79. The van der Waals surface area contributed by atoms with Crippen LogP contribution in [-0.2, 0) is 16.0 Å². The number of carbonyl (C=O) groups excluding carboxylic acids is 1. The zero-order valence-electron chi connectivity index (χ0n) is 18.0. The fourth-order valence-electron chi connectivity index (χ4n) is 3.94. The van der Waals surface area contributed by atoms with E-state index in [0.717, 1.165) is 16.8 Å². The van der Waals surface area contributed by atoms with Gasteiger partial charge in [0.1, 0.15) is 11.5 Å². The maximum absolute atomic E-state index is 13.3. The van der Waals surface area contributed by atoms with Crippen LogP contribution in [0, 0.1) is 6.92 Å². The molecule has 1 aliphatic heterocycles. The Morgan fingerprint density at radius 3 is 2.67 bits per heavy atom. The third-order valence-corrected chi connectivity index (χ3v) is 5.70. The van der Waals surface area contributed by atoms with Crippen molar-refractivity contribution in [1.29, 1.82) is 0 Å². The Morgan fingerprint density at radius 2 is 1.91 bits per heavy atom. The Hall–Kier alpha value is -3.58. The van der Waals surface area contributed by atoms with Gasteiger partial charge in [0.2, 0.25) is 0 Å². The van der Waals surface area contributed by atoms with E-state index in [9.17, 15) is 9.59 Å². The van der Waals surface area contributed by atoms with Crippen molar-refractivity contribution in [2.75, 3.05) is 19.8 Å². The quantitative estimate of drug-likeness (QED) is 0.565. The first-order valence-electron chi connectivity index (χ1n) is 10.5. The van der Waals surface area contributed by atoms with E-state index in [4.69, 9.17) is 26.2 Å². The molecule has 33 heavy (non-hydrogen) atoms. The molecule has 0 saturated carbocycles. The van der Waals surface area contributed by atoms with Crippen molar-refractivity contribution in [2.24, 2.45) is 0 Å². The van der Waals surface area contributed by atoms with Crippen molar-refractivity contribution in [2.45, 2.75) is 19.4 Å². The Labute approximate surface area is 196 Å². The molecule has 1 aliphatic rings. The van der Waals surface area contributed by atoms with E-state index in [1.165, 1.54) is 0 Å². The fraction of sp³-hybridized carbons (Fsp3) is 0.240. The smallest absolute Gasteiger partial charge is 0.341 e. The number of benzene rings is 2. The van der Waals surface area contributed by atoms with Gasteiger partial charge in [0.05, 0.1) is 12.2 Å². The summed E-state index contributed by atoms with van der Waals surface area (Å²) >= 11 is 6.30. The van der Waals surface area contributed by atoms with Gasteiger partial charge in [0, 0.05) is 22.8 Å². The highest BCUT2D eigenvalue weighted by atomic mass is 35.5. The molecule has 0 aliphatic carbocycles. The first kappa shape index (κ1) is 22.6. The van der Waals surface area contributed by atoms with Crippen LogP contribution in [0.5, 0.6) is 11.5 Å². The first-order valence-corrected chi connectivity index (χ1v) is 10.9. The summed E-state index contributed by atoms with van der Waals surface area (Å²) in [6, 6.07) is 15.9. The Bertz CT molecular complexity index is 1170. The van der Waals surface area contributed by atoms with Crippen molar-refractivity contribution < 1.29 is 24.2 Å². The molecule has 0 radical (unpaired) electrons. The van der Waals surface area contributed by atoms with Crippen LogP contribution in [0.4, 0.5) is 0 Å². The van der Waals surface area contributed by atoms with Crippen LogP contribution >= 0.6 is 11.6 Å². The summed E-state index contributed by atoms with van der Waals surface area (Å²) in [5.41, 5.74) is 3.54. The third kappa shape index (κ3) is 5.26. The van der Waals surface area contributed by atoms with Gasteiger partial charge in [-0.25, -0.2) is 4.79 Å². The zero-order chi connectivity index (χ0) is 23.4. The van der Waals surface area contributed by atoms with Crippen molar-refractivity contribution >= 4 is 23.5 Å². The molecule has 1 unspecified atom stereocenters. The Balaban J connectivity index is 1.67. The van der Waals surface area contributed by atoms with Crippen LogP contribution < -0.4 is 9.47 Å². The van der Waals surface area contributed by atoms with Gasteiger partial charge in [-0.2, -0.15) is 0 Å². The lowest BCUT2D eigenvalue weighted by Crippen LogP contribution is -2.43. The fourth-order valence-corrected chi connectivity index (χ4v) is 4.12. The van der Waals surface area contributed by atoms with E-state index in [-0.39, 0.29) is 12.5 Å². The van der Waals surface area contributed by atoms with Gasteiger partial charge in [-0.15, -0.1) is 0 Å². The lowest BCUT2D eigenvalue weighted by Gasteiger charge is -2.38. The zero-order valence-corrected chi connectivity index (χ0v) is 18.8. The van der Waals surface area contributed by atoms with Crippen molar-refractivity contribution in [3.05, 3.63) is 88.2 Å². The summed E-state index contributed by atoms with van der Waals surface area (Å²) < 4.78 is 11.2. The number of aliphatic carboxylic acids is 1. The summed E-state index contributed by atoms with van der Waals surface area (Å²) in [6.07, 6.45) is 2.27. The number of pyridine rings is 1. The second-order valence-corrected chi connectivity index (χ2v) is 8.16. The number of ether oxygens (including phenoxy) is 2. The van der Waals surface area contributed by atoms with Crippen LogP contribution in [0.3, 0.4) is 0 Å². The molecule has 2 heterocycles. The van der Waals surface area contributed by atoms with Crippen molar-refractivity contribution in [3.8, 4) is 11.5 Å². The molecular formula is C25H23ClN2O5. The summed E-state index contributed by atoms with van der Waals surface area (Å²) in [5.74, 6) is -0.423. The van der Waals surface area contributed by atoms with Crippen molar-refractivity contribution in [1.82, 2.24) is 9.88 Å². The molecule has 0 fully saturated rings. The van der Waals surface area contributed by atoms with E-state index in [1.807, 2.05) is 37.3 Å². The SMILES string of the molecule is Cc1ccc(OCC(=O)N2CCc3ccccc3C2c2cc(Cl)ccc2OCC(=O)O)cn1. The topological polar surface area (TPSA) is 89.0 Å².